The highest BCUT2D eigenvalue weighted by molar-refractivity contribution is 6.03. The largest absolute Gasteiger partial charge is 0.494 e. The molecular weight excluding hydrogens is 1010 g/mol. The molecule has 0 radical (unpaired) electrons. The molecule has 15 N–H and O–H groups in total. The number of aliphatic carboxylic acids is 1. The molecule has 4 rings (SSSR count). The van der Waals surface area contributed by atoms with Gasteiger partial charge in [-0.2, -0.15) is 0 Å². The third kappa shape index (κ3) is 22.6. The third-order valence-corrected chi connectivity index (χ3v) is 12.1. The zero-order valence-electron chi connectivity index (χ0n) is 43.7. The number of nitrogen functional groups attached to an aromatic ring is 1. The Morgan fingerprint density at radius 1 is 0.753 bits per heavy atom. The molecule has 0 bridgehead atoms. The van der Waals surface area contributed by atoms with E-state index in [1.807, 2.05) is 0 Å². The second kappa shape index (κ2) is 32.7. The monoisotopic (exact) mass is 1080 g/mol. The first-order valence-electron chi connectivity index (χ1n) is 25.6. The highest BCUT2D eigenvalue weighted by atomic mass is 16.5. The molecule has 1 aromatic heterocycles. The molecule has 2 aromatic rings. The Kier molecular flexibility index (Phi) is 26.3. The van der Waals surface area contributed by atoms with E-state index in [0.717, 1.165) is 0 Å². The lowest BCUT2D eigenvalue weighted by Gasteiger charge is -2.28. The summed E-state index contributed by atoms with van der Waals surface area (Å²) in [5.41, 5.74) is 15.4. The zero-order chi connectivity index (χ0) is 56.2. The lowest BCUT2D eigenvalue weighted by Crippen LogP contribution is -2.60. The molecule has 1 unspecified atom stereocenters. The van der Waals surface area contributed by atoms with Gasteiger partial charge in [-0.15, -0.1) is 0 Å². The van der Waals surface area contributed by atoms with Crippen molar-refractivity contribution >= 4 is 65.0 Å². The normalized spacial score (nSPS) is 19.8. The van der Waals surface area contributed by atoms with E-state index in [1.54, 1.807) is 50.2 Å². The average molecular weight is 1080 g/mol. The van der Waals surface area contributed by atoms with Crippen molar-refractivity contribution < 1.29 is 67.2 Å². The van der Waals surface area contributed by atoms with Crippen molar-refractivity contribution in [2.75, 3.05) is 84.7 Å². The van der Waals surface area contributed by atoms with Crippen LogP contribution in [0.25, 0.3) is 0 Å². The fraction of sp³-hybridized carbons (Fsp3) is 0.580. The number of carbonyl (C=O) groups is 9. The summed E-state index contributed by atoms with van der Waals surface area (Å²) < 4.78 is 22.4. The number of pyridine rings is 1. The third-order valence-electron chi connectivity index (χ3n) is 12.1. The van der Waals surface area contributed by atoms with Gasteiger partial charge in [-0.3, -0.25) is 48.1 Å². The number of nitrogens with two attached hydrogens (primary N) is 3. The number of anilines is 1. The topological polar surface area (TPSA) is 410 Å². The Morgan fingerprint density at radius 3 is 1.94 bits per heavy atom. The molecule has 27 nitrogen and oxygen atoms in total. The van der Waals surface area contributed by atoms with E-state index in [0.29, 0.717) is 101 Å². The van der Waals surface area contributed by atoms with E-state index in [-0.39, 0.29) is 75.4 Å². The molecule has 1 aliphatic heterocycles. The number of carbonyl (C=O) groups excluding carboxylic acids is 8. The number of hydrogen-bond acceptors (Lipinski definition) is 16. The predicted octanol–water partition coefficient (Wildman–Crippen LogP) is -2.50. The van der Waals surface area contributed by atoms with Crippen LogP contribution >= 0.6 is 0 Å². The van der Waals surface area contributed by atoms with Gasteiger partial charge in [-0.25, -0.2) is 4.98 Å². The van der Waals surface area contributed by atoms with Crippen LogP contribution in [0.1, 0.15) is 81.1 Å². The molecule has 27 heteroatoms. The maximum atomic E-state index is 14.0. The maximum Gasteiger partial charge on any atom is 0.309 e. The van der Waals surface area contributed by atoms with Crippen molar-refractivity contribution in [2.45, 2.75) is 95.3 Å². The van der Waals surface area contributed by atoms with E-state index in [9.17, 15) is 48.3 Å². The van der Waals surface area contributed by atoms with Gasteiger partial charge in [0.05, 0.1) is 51.1 Å². The van der Waals surface area contributed by atoms with Gasteiger partial charge in [-0.1, -0.05) is 26.0 Å². The van der Waals surface area contributed by atoms with E-state index >= 15 is 0 Å². The van der Waals surface area contributed by atoms with E-state index in [2.05, 4.69) is 52.5 Å². The second-order valence-corrected chi connectivity index (χ2v) is 18.6. The number of carboxylic acids is 1. The number of nitrogens with zero attached hydrogens (tertiary/aromatic N) is 2. The molecule has 1 aliphatic carbocycles. The first-order chi connectivity index (χ1) is 36.9. The summed E-state index contributed by atoms with van der Waals surface area (Å²) in [5.74, 6) is -7.32. The van der Waals surface area contributed by atoms with Crippen molar-refractivity contribution in [3.63, 3.8) is 0 Å². The highest BCUT2D eigenvalue weighted by Gasteiger charge is 2.65. The smallest absolute Gasteiger partial charge is 0.309 e. The fourth-order valence-electron chi connectivity index (χ4n) is 7.72. The number of aliphatic imine (C=N–C) groups is 1. The van der Waals surface area contributed by atoms with Gasteiger partial charge in [0.2, 0.25) is 41.4 Å². The van der Waals surface area contributed by atoms with Crippen molar-refractivity contribution in [1.82, 2.24) is 47.5 Å². The van der Waals surface area contributed by atoms with Crippen LogP contribution in [0.5, 0.6) is 5.75 Å². The van der Waals surface area contributed by atoms with Crippen molar-refractivity contribution in [3.05, 3.63) is 53.7 Å². The van der Waals surface area contributed by atoms with Crippen LogP contribution in [0.3, 0.4) is 0 Å². The number of nitrogens with one attached hydrogen (secondary N) is 8. The first-order valence-corrected chi connectivity index (χ1v) is 25.6. The van der Waals surface area contributed by atoms with Crippen LogP contribution in [0.4, 0.5) is 5.82 Å². The SMILES string of the molecule is CC(C)[C@@H]1NC(=O)[C@@H](Cc2ccc(OCCCNC(=O)CCC(=O)NCCCOCCOCCOCCCNC(=O)c3ccc(N)nc3)cc2)NC(=O)C2(C[C@H]2C(=O)O)NC(=O)CNC(=O)[C@H](CCCN=C(N)N)NC1=O. The van der Waals surface area contributed by atoms with Crippen LogP contribution in [-0.2, 0) is 59.0 Å². The molecule has 1 aromatic carbocycles. The first kappa shape index (κ1) is 61.9. The van der Waals surface area contributed by atoms with Crippen LogP contribution in [0, 0.1) is 11.8 Å². The molecule has 77 heavy (non-hydrogen) atoms. The molecule has 1 saturated carbocycles. The summed E-state index contributed by atoms with van der Waals surface area (Å²) in [6.07, 6.45) is 3.05. The van der Waals surface area contributed by atoms with E-state index < -0.39 is 77.6 Å². The summed E-state index contributed by atoms with van der Waals surface area (Å²) in [4.78, 5) is 125. The van der Waals surface area contributed by atoms with E-state index in [1.165, 1.54) is 6.20 Å². The summed E-state index contributed by atoms with van der Waals surface area (Å²) >= 11 is 0. The fourth-order valence-corrected chi connectivity index (χ4v) is 7.72. The molecule has 5 atom stereocenters. The van der Waals surface area contributed by atoms with Gasteiger partial charge >= 0.3 is 5.97 Å². The molecule has 2 fully saturated rings. The number of rotatable bonds is 31. The zero-order valence-corrected chi connectivity index (χ0v) is 43.7. The van der Waals surface area contributed by atoms with Crippen molar-refractivity contribution in [3.8, 4) is 5.75 Å². The predicted molar refractivity (Wildman–Crippen MR) is 278 cm³/mol. The van der Waals surface area contributed by atoms with Crippen molar-refractivity contribution in [1.29, 1.82) is 0 Å². The number of benzene rings is 1. The molecule has 8 amide bonds. The average Bonchev–Trinajstić information content (AvgIpc) is 4.23. The molecule has 2 heterocycles. The number of amides is 8. The van der Waals surface area contributed by atoms with Crippen LogP contribution in [-0.4, -0.2) is 172 Å². The minimum absolute atomic E-state index is 0.00695. The van der Waals surface area contributed by atoms with Gasteiger partial charge in [0.1, 0.15) is 35.2 Å². The molecule has 1 spiro atoms. The molecule has 1 saturated heterocycles. The van der Waals surface area contributed by atoms with Gasteiger partial charge in [0.25, 0.3) is 5.91 Å². The van der Waals surface area contributed by atoms with Gasteiger partial charge in [-0.05, 0) is 74.3 Å². The standard InChI is InChI=1S/C50H75N13O14/c1-31(2)42-46(70)60-36(7-3-16-57-49(52)53)44(68)59-30-41(66)63-50(28-35(50)47(71)72)48(73)61-37(45(69)62-42)27-32-8-11-34(12-9-32)77-22-6-18-55-40(65)15-14-39(64)54-17-4-20-74-23-25-76-26-24-75-21-5-19-56-43(67)33-10-13-38(51)58-29-33/h8-13,29,31,35-37,42H,3-7,14-28,30H2,1-2H3,(H2,51,58)(H,54,64)(H,55,65)(H,56,67)(H,59,68)(H,60,70)(H,61,73)(H,62,69)(H,63,66)(H,71,72)(H4,52,53,57)/t35-,36-,37+,42-,50?/m0/s1. The summed E-state index contributed by atoms with van der Waals surface area (Å²) in [6.45, 7) is 6.69. The number of guanidine groups is 1. The number of ether oxygens (including phenoxy) is 4. The Morgan fingerprint density at radius 2 is 1.36 bits per heavy atom. The second-order valence-electron chi connectivity index (χ2n) is 18.6. The molecule has 424 valence electrons. The Bertz CT molecular complexity index is 2320. The number of hydrogen-bond donors (Lipinski definition) is 12. The summed E-state index contributed by atoms with van der Waals surface area (Å²) in [7, 11) is 0. The van der Waals surface area contributed by atoms with Gasteiger partial charge < -0.3 is 83.8 Å². The molecular formula is C50H75N13O14. The van der Waals surface area contributed by atoms with Crippen LogP contribution in [0.2, 0.25) is 0 Å². The molecule has 2 aliphatic rings. The van der Waals surface area contributed by atoms with Crippen LogP contribution < -0.4 is 64.5 Å². The summed E-state index contributed by atoms with van der Waals surface area (Å²) in [5, 5.41) is 31.0. The number of aromatic nitrogens is 1. The highest BCUT2D eigenvalue weighted by Crippen LogP contribution is 2.44. The van der Waals surface area contributed by atoms with Gasteiger partial charge in [0.15, 0.2) is 5.96 Å². The maximum absolute atomic E-state index is 14.0. The quantitative estimate of drug-likeness (QED) is 0.0211. The Balaban J connectivity index is 1.12. The van der Waals surface area contributed by atoms with E-state index in [4.69, 9.17) is 36.1 Å². The minimum Gasteiger partial charge on any atom is -0.494 e. The Hall–Kier alpha value is -7.65. The van der Waals surface area contributed by atoms with Crippen molar-refractivity contribution in [2.24, 2.45) is 28.3 Å². The van der Waals surface area contributed by atoms with Gasteiger partial charge in [0, 0.05) is 64.9 Å². The lowest BCUT2D eigenvalue weighted by atomic mass is 9.99. The summed E-state index contributed by atoms with van der Waals surface area (Å²) in [6, 6.07) is 6.05. The lowest BCUT2D eigenvalue weighted by molar-refractivity contribution is -0.142. The minimum atomic E-state index is -1.91. The Labute approximate surface area is 446 Å². The number of carboxylic acid groups (broad SMARTS) is 1. The van der Waals surface area contributed by atoms with Crippen LogP contribution in [0.15, 0.2) is 47.6 Å².